The summed E-state index contributed by atoms with van der Waals surface area (Å²) >= 11 is 0. The fourth-order valence-corrected chi connectivity index (χ4v) is 4.49. The maximum atomic E-state index is 15.2. The minimum atomic E-state index is -3.04. The van der Waals surface area contributed by atoms with E-state index in [0.29, 0.717) is 31.1 Å². The first kappa shape index (κ1) is 25.9. The van der Waals surface area contributed by atoms with Gasteiger partial charge in [0.05, 0.1) is 12.5 Å². The van der Waals surface area contributed by atoms with Crippen LogP contribution in [0, 0.1) is 17.7 Å². The summed E-state index contributed by atoms with van der Waals surface area (Å²) in [5.74, 6) is -3.76. The smallest absolute Gasteiger partial charge is 0.297 e. The highest BCUT2D eigenvalue weighted by atomic mass is 19.3. The number of carbonyl (C=O) groups is 2. The second-order valence-electron chi connectivity index (χ2n) is 9.07. The fraction of sp³-hybridized carbons (Fsp3) is 0.714. The molecule has 2 aliphatic rings. The number of anilines is 2. The number of hydrogen-bond donors (Lipinski definition) is 3. The molecule has 1 aromatic heterocycles. The van der Waals surface area contributed by atoms with Gasteiger partial charge in [0, 0.05) is 25.7 Å². The van der Waals surface area contributed by atoms with E-state index < -0.39 is 35.7 Å². The number of rotatable bonds is 10. The van der Waals surface area contributed by atoms with Crippen molar-refractivity contribution in [1.82, 2.24) is 25.4 Å². The van der Waals surface area contributed by atoms with Crippen LogP contribution in [0.15, 0.2) is 0 Å². The minimum absolute atomic E-state index is 0.0600. The van der Waals surface area contributed by atoms with E-state index in [-0.39, 0.29) is 30.7 Å². The zero-order chi connectivity index (χ0) is 24.8. The lowest BCUT2D eigenvalue weighted by molar-refractivity contribution is -0.154. The lowest BCUT2D eigenvalue weighted by Crippen LogP contribution is -2.50. The highest BCUT2D eigenvalue weighted by Gasteiger charge is 2.30. The molecule has 10 nitrogen and oxygen atoms in total. The molecule has 1 aromatic rings. The van der Waals surface area contributed by atoms with Gasteiger partial charge in [0.25, 0.3) is 6.43 Å². The predicted molar refractivity (Wildman–Crippen MR) is 118 cm³/mol. The summed E-state index contributed by atoms with van der Waals surface area (Å²) < 4.78 is 42.1. The van der Waals surface area contributed by atoms with Crippen LogP contribution in [0.2, 0.25) is 0 Å². The number of halogens is 3. The number of hydrazine groups is 1. The Hall–Kier alpha value is -2.67. The standard InChI is InChI=1S/C21H32F3N7O3/c1-13-10-30(8-7-29(13)2)20-16(22)18(25-19(26-20)17(23)24)27-28-21(33)15(11-31(34)12-32)9-14-5-3-4-6-14/h12-15,17,34H,3-11H2,1-2H3,(H,28,33)(H,25,26,27)/t13?,15-/m1/s1. The molecule has 1 aliphatic carbocycles. The van der Waals surface area contributed by atoms with Gasteiger partial charge < -0.3 is 9.80 Å². The SMILES string of the molecule is CC1CN(c2nc(C(F)F)nc(NNC(=O)[C@H](CC3CCCC3)CN(O)C=O)c2F)CCN1C. The zero-order valence-electron chi connectivity index (χ0n) is 19.4. The number of hydrogen-bond acceptors (Lipinski definition) is 8. The van der Waals surface area contributed by atoms with Crippen molar-refractivity contribution in [1.29, 1.82) is 0 Å². The van der Waals surface area contributed by atoms with Crippen molar-refractivity contribution < 1.29 is 28.0 Å². The molecule has 1 saturated carbocycles. The normalized spacial score (nSPS) is 20.4. The predicted octanol–water partition coefficient (Wildman–Crippen LogP) is 2.18. The second kappa shape index (κ2) is 11.6. The molecule has 0 aromatic carbocycles. The average Bonchev–Trinajstić information content (AvgIpc) is 3.32. The molecule has 0 radical (unpaired) electrons. The Morgan fingerprint density at radius 2 is 2.00 bits per heavy atom. The monoisotopic (exact) mass is 487 g/mol. The van der Waals surface area contributed by atoms with E-state index in [1.165, 1.54) is 0 Å². The third-order valence-electron chi connectivity index (χ3n) is 6.60. The Morgan fingerprint density at radius 3 is 2.62 bits per heavy atom. The third-order valence-corrected chi connectivity index (χ3v) is 6.60. The summed E-state index contributed by atoms with van der Waals surface area (Å²) in [6.07, 6.45) is 1.56. The quantitative estimate of drug-likeness (QED) is 0.262. The van der Waals surface area contributed by atoms with Crippen molar-refractivity contribution >= 4 is 24.0 Å². The molecule has 3 rings (SSSR count). The number of nitrogens with zero attached hydrogens (tertiary/aromatic N) is 5. The van der Waals surface area contributed by atoms with E-state index >= 15 is 4.39 Å². The Morgan fingerprint density at radius 1 is 1.29 bits per heavy atom. The molecule has 0 bridgehead atoms. The summed E-state index contributed by atoms with van der Waals surface area (Å²) in [7, 11) is 1.92. The van der Waals surface area contributed by atoms with Crippen LogP contribution < -0.4 is 15.8 Å². The Kier molecular flexibility index (Phi) is 8.89. The zero-order valence-corrected chi connectivity index (χ0v) is 19.4. The average molecular weight is 488 g/mol. The van der Waals surface area contributed by atoms with E-state index in [4.69, 9.17) is 0 Å². The molecule has 3 N–H and O–H groups in total. The molecule has 1 aliphatic heterocycles. The molecule has 2 fully saturated rings. The molecule has 1 unspecified atom stereocenters. The lowest BCUT2D eigenvalue weighted by Gasteiger charge is -2.38. The van der Waals surface area contributed by atoms with Gasteiger partial charge >= 0.3 is 0 Å². The number of amides is 2. The molecule has 190 valence electrons. The van der Waals surface area contributed by atoms with Crippen LogP contribution in [0.3, 0.4) is 0 Å². The summed E-state index contributed by atoms with van der Waals surface area (Å²) in [6.45, 7) is 3.08. The summed E-state index contributed by atoms with van der Waals surface area (Å²) in [4.78, 5) is 34.6. The van der Waals surface area contributed by atoms with E-state index in [1.807, 2.05) is 14.0 Å². The molecule has 1 saturated heterocycles. The number of alkyl halides is 2. The maximum Gasteiger partial charge on any atom is 0.297 e. The van der Waals surface area contributed by atoms with Crippen LogP contribution in [0.4, 0.5) is 24.8 Å². The van der Waals surface area contributed by atoms with E-state index in [9.17, 15) is 23.6 Å². The van der Waals surface area contributed by atoms with Gasteiger partial charge in [-0.2, -0.15) is 4.39 Å². The Labute approximate surface area is 196 Å². The maximum absolute atomic E-state index is 15.2. The number of nitrogens with one attached hydrogen (secondary N) is 2. The van der Waals surface area contributed by atoms with Gasteiger partial charge in [0.1, 0.15) is 0 Å². The largest absolute Gasteiger partial charge is 0.351 e. The van der Waals surface area contributed by atoms with E-state index in [1.54, 1.807) is 4.90 Å². The van der Waals surface area contributed by atoms with Crippen LogP contribution in [0.1, 0.15) is 51.3 Å². The number of piperazine rings is 1. The van der Waals surface area contributed by atoms with Crippen LogP contribution in [-0.4, -0.2) is 76.7 Å². The first-order valence-corrected chi connectivity index (χ1v) is 11.5. The third kappa shape index (κ3) is 6.47. The number of carbonyl (C=O) groups excluding carboxylic acids is 2. The second-order valence-corrected chi connectivity index (χ2v) is 9.07. The van der Waals surface area contributed by atoms with Gasteiger partial charge in [-0.3, -0.25) is 25.6 Å². The van der Waals surface area contributed by atoms with Crippen molar-refractivity contribution in [3.63, 3.8) is 0 Å². The van der Waals surface area contributed by atoms with Crippen molar-refractivity contribution in [3.8, 4) is 0 Å². The van der Waals surface area contributed by atoms with Gasteiger partial charge in [-0.25, -0.2) is 23.8 Å². The molecule has 0 spiro atoms. The van der Waals surface area contributed by atoms with Gasteiger partial charge in [-0.1, -0.05) is 25.7 Å². The molecule has 2 atom stereocenters. The van der Waals surface area contributed by atoms with Crippen LogP contribution >= 0.6 is 0 Å². The van der Waals surface area contributed by atoms with Crippen molar-refractivity contribution in [3.05, 3.63) is 11.6 Å². The molecular weight excluding hydrogens is 455 g/mol. The van der Waals surface area contributed by atoms with Crippen LogP contribution in [-0.2, 0) is 9.59 Å². The summed E-state index contributed by atoms with van der Waals surface area (Å²) in [5.41, 5.74) is 4.63. The highest BCUT2D eigenvalue weighted by molar-refractivity contribution is 5.80. The lowest BCUT2D eigenvalue weighted by atomic mass is 9.92. The Bertz CT molecular complexity index is 857. The first-order chi connectivity index (χ1) is 16.2. The highest BCUT2D eigenvalue weighted by Crippen LogP contribution is 2.31. The number of hydroxylamine groups is 2. The summed E-state index contributed by atoms with van der Waals surface area (Å²) in [5, 5.41) is 9.97. The first-order valence-electron chi connectivity index (χ1n) is 11.5. The van der Waals surface area contributed by atoms with Crippen molar-refractivity contribution in [2.24, 2.45) is 11.8 Å². The number of likely N-dealkylation sites (N-methyl/N-ethyl adjacent to an activating group) is 1. The van der Waals surface area contributed by atoms with Gasteiger partial charge in [-0.05, 0) is 26.3 Å². The van der Waals surface area contributed by atoms with Crippen LogP contribution in [0.25, 0.3) is 0 Å². The molecule has 13 heteroatoms. The number of aromatic nitrogens is 2. The molecule has 34 heavy (non-hydrogen) atoms. The van der Waals surface area contributed by atoms with Gasteiger partial charge in [0.2, 0.25) is 18.1 Å². The van der Waals surface area contributed by atoms with Gasteiger partial charge in [-0.15, -0.1) is 0 Å². The molecule has 2 heterocycles. The fourth-order valence-electron chi connectivity index (χ4n) is 4.49. The topological polar surface area (TPSA) is 114 Å². The summed E-state index contributed by atoms with van der Waals surface area (Å²) in [6, 6.07) is 0.0600. The Balaban J connectivity index is 1.76. The van der Waals surface area contributed by atoms with Crippen molar-refractivity contribution in [2.75, 3.05) is 43.6 Å². The van der Waals surface area contributed by atoms with E-state index in [0.717, 1.165) is 25.7 Å². The van der Waals surface area contributed by atoms with Crippen LogP contribution in [0.5, 0.6) is 0 Å². The minimum Gasteiger partial charge on any atom is -0.351 e. The molecule has 2 amide bonds. The van der Waals surface area contributed by atoms with E-state index in [2.05, 4.69) is 25.7 Å². The molecular formula is C21H32F3N7O3. The van der Waals surface area contributed by atoms with Gasteiger partial charge in [0.15, 0.2) is 17.5 Å². The van der Waals surface area contributed by atoms with Crippen molar-refractivity contribution in [2.45, 2.75) is 51.5 Å².